The molecule has 0 saturated carbocycles. The third kappa shape index (κ3) is 7.03. The van der Waals surface area contributed by atoms with Gasteiger partial charge >= 0.3 is 24.0 Å². The highest BCUT2D eigenvalue weighted by Gasteiger charge is 2.38. The molecule has 1 fully saturated rings. The van der Waals surface area contributed by atoms with Gasteiger partial charge in [-0.15, -0.1) is 5.92 Å². The van der Waals surface area contributed by atoms with E-state index in [1.54, 1.807) is 11.5 Å². The average Bonchev–Trinajstić information content (AvgIpc) is 3.17. The van der Waals surface area contributed by atoms with Crippen molar-refractivity contribution >= 4 is 23.1 Å². The fraction of sp³-hybridized carbons (Fsp3) is 0.600. The number of aryl methyl sites for hydroxylation is 1. The highest BCUT2D eigenvalue weighted by molar-refractivity contribution is 5.75. The number of piperazine rings is 1. The summed E-state index contributed by atoms with van der Waals surface area (Å²) in [5, 5.41) is 10.4. The smallest absolute Gasteiger partial charge is 0.475 e. The van der Waals surface area contributed by atoms with Crippen LogP contribution in [0.5, 0.6) is 0 Å². The van der Waals surface area contributed by atoms with Gasteiger partial charge in [0.15, 0.2) is 11.2 Å². The molecule has 0 bridgehead atoms. The first-order chi connectivity index (χ1) is 16.7. The van der Waals surface area contributed by atoms with Gasteiger partial charge in [0.05, 0.1) is 6.54 Å². The molecule has 0 radical (unpaired) electrons. The maximum atomic E-state index is 12.8. The van der Waals surface area contributed by atoms with Crippen LogP contribution in [0, 0.1) is 11.8 Å². The molecule has 0 aromatic carbocycles. The van der Waals surface area contributed by atoms with E-state index >= 15 is 0 Å². The molecule has 1 saturated heterocycles. The Morgan fingerprint density at radius 1 is 1.11 bits per heavy atom. The largest absolute Gasteiger partial charge is 0.490 e. The fourth-order valence-corrected chi connectivity index (χ4v) is 3.40. The SMILES string of the molecule is CC#CCn1c(N2CCNCC2)nc2c1c(=O)n(C)c(=O)n2CCCC(F)(F)F.O=C(O)C(F)(F)F. The van der Waals surface area contributed by atoms with Gasteiger partial charge in [0.1, 0.15) is 0 Å². The molecule has 200 valence electrons. The Labute approximate surface area is 200 Å². The highest BCUT2D eigenvalue weighted by Crippen LogP contribution is 2.23. The molecule has 16 heteroatoms. The van der Waals surface area contributed by atoms with Gasteiger partial charge in [-0.25, -0.2) is 9.59 Å². The number of hydrogen-bond acceptors (Lipinski definition) is 6. The lowest BCUT2D eigenvalue weighted by atomic mass is 10.3. The van der Waals surface area contributed by atoms with Crippen molar-refractivity contribution in [1.82, 2.24) is 24.0 Å². The van der Waals surface area contributed by atoms with E-state index in [-0.39, 0.29) is 30.7 Å². The maximum Gasteiger partial charge on any atom is 0.490 e. The zero-order valence-electron chi connectivity index (χ0n) is 19.3. The minimum Gasteiger partial charge on any atom is -0.475 e. The molecule has 0 aliphatic carbocycles. The number of nitrogens with one attached hydrogen (secondary N) is 1. The van der Waals surface area contributed by atoms with E-state index in [2.05, 4.69) is 22.1 Å². The molecular formula is C20H24F6N6O4. The van der Waals surface area contributed by atoms with Crippen LogP contribution in [-0.2, 0) is 24.9 Å². The van der Waals surface area contributed by atoms with Crippen LogP contribution in [0.25, 0.3) is 11.2 Å². The lowest BCUT2D eigenvalue weighted by Gasteiger charge is -2.28. The predicted molar refractivity (Wildman–Crippen MR) is 117 cm³/mol. The van der Waals surface area contributed by atoms with Crippen molar-refractivity contribution in [2.45, 2.75) is 45.2 Å². The van der Waals surface area contributed by atoms with Crippen LogP contribution in [0.1, 0.15) is 19.8 Å². The summed E-state index contributed by atoms with van der Waals surface area (Å²) >= 11 is 0. The zero-order chi connectivity index (χ0) is 27.3. The summed E-state index contributed by atoms with van der Waals surface area (Å²) in [4.78, 5) is 40.9. The Morgan fingerprint density at radius 3 is 2.19 bits per heavy atom. The quantitative estimate of drug-likeness (QED) is 0.446. The summed E-state index contributed by atoms with van der Waals surface area (Å²) in [6.07, 6.45) is -10.7. The number of fused-ring (bicyclic) bond motifs is 1. The van der Waals surface area contributed by atoms with Crippen LogP contribution in [0.3, 0.4) is 0 Å². The maximum absolute atomic E-state index is 12.8. The Kier molecular flexibility index (Phi) is 9.19. The van der Waals surface area contributed by atoms with Crippen LogP contribution in [0.2, 0.25) is 0 Å². The molecule has 36 heavy (non-hydrogen) atoms. The molecule has 2 aromatic rings. The molecular weight excluding hydrogens is 502 g/mol. The summed E-state index contributed by atoms with van der Waals surface area (Å²) < 4.78 is 73.2. The van der Waals surface area contributed by atoms with Gasteiger partial charge in [-0.2, -0.15) is 31.3 Å². The standard InChI is InChI=1S/C18H23F3N6O2.C2HF3O2/c1-3-4-9-26-13-14(23-16(26)25-11-7-22-8-12-25)27(10-5-6-18(19,20)21)17(29)24(2)15(13)28;3-2(4,5)1(6)7/h22H,5-12H2,1-2H3;(H,6,7). The predicted octanol–water partition coefficient (Wildman–Crippen LogP) is 1.31. The second-order valence-electron chi connectivity index (χ2n) is 7.65. The molecule has 0 amide bonds. The van der Waals surface area contributed by atoms with E-state index in [1.165, 1.54) is 7.05 Å². The topological polar surface area (TPSA) is 114 Å². The normalized spacial score (nSPS) is 14.2. The third-order valence-corrected chi connectivity index (χ3v) is 5.11. The number of carbonyl (C=O) groups is 1. The number of aromatic nitrogens is 4. The third-order valence-electron chi connectivity index (χ3n) is 5.11. The van der Waals surface area contributed by atoms with Crippen LogP contribution in [0.4, 0.5) is 32.3 Å². The van der Waals surface area contributed by atoms with Crippen LogP contribution >= 0.6 is 0 Å². The first kappa shape index (κ1) is 28.8. The summed E-state index contributed by atoms with van der Waals surface area (Å²) in [7, 11) is 1.32. The van der Waals surface area contributed by atoms with E-state index in [1.807, 2.05) is 4.90 Å². The van der Waals surface area contributed by atoms with E-state index in [0.29, 0.717) is 19.0 Å². The number of anilines is 1. The molecule has 1 aliphatic rings. The highest BCUT2D eigenvalue weighted by atomic mass is 19.4. The molecule has 0 unspecified atom stereocenters. The number of halogens is 6. The first-order valence-electron chi connectivity index (χ1n) is 10.6. The van der Waals surface area contributed by atoms with Crippen LogP contribution in [-0.4, -0.2) is 68.3 Å². The fourth-order valence-electron chi connectivity index (χ4n) is 3.40. The Morgan fingerprint density at radius 2 is 1.69 bits per heavy atom. The zero-order valence-corrected chi connectivity index (χ0v) is 19.3. The van der Waals surface area contributed by atoms with Gasteiger partial charge < -0.3 is 15.3 Å². The van der Waals surface area contributed by atoms with E-state index in [4.69, 9.17) is 9.90 Å². The van der Waals surface area contributed by atoms with Crippen LogP contribution < -0.4 is 21.5 Å². The van der Waals surface area contributed by atoms with Gasteiger partial charge in [0.25, 0.3) is 5.56 Å². The van der Waals surface area contributed by atoms with Crippen LogP contribution in [0.15, 0.2) is 9.59 Å². The van der Waals surface area contributed by atoms with Gasteiger partial charge in [0, 0.05) is 46.2 Å². The summed E-state index contributed by atoms with van der Waals surface area (Å²) in [6, 6.07) is 0. The van der Waals surface area contributed by atoms with Crippen molar-refractivity contribution < 1.29 is 36.2 Å². The molecule has 10 nitrogen and oxygen atoms in total. The second-order valence-corrected chi connectivity index (χ2v) is 7.65. The van der Waals surface area contributed by atoms with Crippen molar-refractivity contribution in [3.8, 4) is 11.8 Å². The molecule has 0 spiro atoms. The Balaban J connectivity index is 0.000000572. The van der Waals surface area contributed by atoms with E-state index < -0.39 is 36.0 Å². The number of hydrogen-bond donors (Lipinski definition) is 2. The molecule has 3 heterocycles. The van der Waals surface area contributed by atoms with Gasteiger partial charge in [0.2, 0.25) is 5.95 Å². The monoisotopic (exact) mass is 526 g/mol. The first-order valence-corrected chi connectivity index (χ1v) is 10.6. The van der Waals surface area contributed by atoms with Gasteiger partial charge in [-0.1, -0.05) is 5.92 Å². The summed E-state index contributed by atoms with van der Waals surface area (Å²) in [5.74, 6) is 3.43. The van der Waals surface area contributed by atoms with E-state index in [0.717, 1.165) is 22.2 Å². The van der Waals surface area contributed by atoms with Gasteiger partial charge in [-0.05, 0) is 13.3 Å². The van der Waals surface area contributed by atoms with Crippen molar-refractivity contribution in [3.05, 3.63) is 20.8 Å². The van der Waals surface area contributed by atoms with Crippen molar-refractivity contribution in [3.63, 3.8) is 0 Å². The van der Waals surface area contributed by atoms with Crippen molar-refractivity contribution in [1.29, 1.82) is 0 Å². The van der Waals surface area contributed by atoms with Crippen molar-refractivity contribution in [2.24, 2.45) is 7.05 Å². The Hall–Kier alpha value is -3.48. The lowest BCUT2D eigenvalue weighted by molar-refractivity contribution is -0.192. The Bertz CT molecular complexity index is 1260. The molecule has 3 rings (SSSR count). The summed E-state index contributed by atoms with van der Waals surface area (Å²) in [6.45, 7) is 4.47. The summed E-state index contributed by atoms with van der Waals surface area (Å²) in [5.41, 5.74) is -0.936. The molecule has 2 aromatic heterocycles. The van der Waals surface area contributed by atoms with E-state index in [9.17, 15) is 35.9 Å². The number of imidazole rings is 1. The minimum atomic E-state index is -5.08. The molecule has 2 N–H and O–H groups in total. The number of aliphatic carboxylic acids is 1. The molecule has 1 aliphatic heterocycles. The number of carboxylic acid groups (broad SMARTS) is 1. The number of nitrogens with zero attached hydrogens (tertiary/aromatic N) is 5. The lowest BCUT2D eigenvalue weighted by Crippen LogP contribution is -2.44. The number of carboxylic acids is 1. The minimum absolute atomic E-state index is 0.103. The van der Waals surface area contributed by atoms with Gasteiger partial charge in [-0.3, -0.25) is 18.5 Å². The number of alkyl halides is 6. The van der Waals surface area contributed by atoms with Crippen molar-refractivity contribution in [2.75, 3.05) is 31.1 Å². The average molecular weight is 526 g/mol. The molecule has 0 atom stereocenters. The second kappa shape index (κ2) is 11.5. The number of rotatable bonds is 5.